The number of ether oxygens (including phenoxy) is 1. The van der Waals surface area contributed by atoms with Gasteiger partial charge in [0.1, 0.15) is 0 Å². The largest absolute Gasteiger partial charge is 0.462 e. The van der Waals surface area contributed by atoms with Gasteiger partial charge in [0.25, 0.3) is 5.91 Å². The summed E-state index contributed by atoms with van der Waals surface area (Å²) < 4.78 is 4.93. The molecule has 0 fully saturated rings. The van der Waals surface area contributed by atoms with Gasteiger partial charge in [0.05, 0.1) is 12.2 Å². The average molecular weight is 225 g/mol. The summed E-state index contributed by atoms with van der Waals surface area (Å²) in [5.41, 5.74) is 0.0984. The molecule has 4 nitrogen and oxygen atoms in total. The van der Waals surface area contributed by atoms with Crippen molar-refractivity contribution in [2.75, 3.05) is 20.7 Å². The van der Waals surface area contributed by atoms with E-state index in [4.69, 9.17) is 4.74 Å². The van der Waals surface area contributed by atoms with Gasteiger partial charge in [0, 0.05) is 19.7 Å². The highest BCUT2D eigenvalue weighted by molar-refractivity contribution is 6.08. The summed E-state index contributed by atoms with van der Waals surface area (Å²) in [5.74, 6) is -0.911. The van der Waals surface area contributed by atoms with Crippen molar-refractivity contribution < 1.29 is 14.3 Å². The van der Waals surface area contributed by atoms with Crippen LogP contribution < -0.4 is 0 Å². The Bertz CT molecular complexity index is 305. The Balaban J connectivity index is 4.28. The Kier molecular flexibility index (Phi) is 6.15. The van der Waals surface area contributed by atoms with Gasteiger partial charge in [-0.2, -0.15) is 0 Å². The SMILES string of the molecule is C=C(C(=C)C(=O)N(C)C)C(=O)OCCCC. The molecule has 0 N–H and O–H groups in total. The normalized spacial score (nSPS) is 9.44. The lowest BCUT2D eigenvalue weighted by molar-refractivity contribution is -0.139. The van der Waals surface area contributed by atoms with Crippen LogP contribution in [0.4, 0.5) is 0 Å². The summed E-state index contributed by atoms with van der Waals surface area (Å²) in [6.07, 6.45) is 1.74. The van der Waals surface area contributed by atoms with Crippen LogP contribution in [0.25, 0.3) is 0 Å². The molecule has 16 heavy (non-hydrogen) atoms. The van der Waals surface area contributed by atoms with E-state index < -0.39 is 5.97 Å². The van der Waals surface area contributed by atoms with Crippen LogP contribution in [-0.4, -0.2) is 37.5 Å². The van der Waals surface area contributed by atoms with Gasteiger partial charge in [-0.15, -0.1) is 0 Å². The molecule has 0 aromatic rings. The molecule has 0 aliphatic rings. The van der Waals surface area contributed by atoms with Crippen LogP contribution in [0.5, 0.6) is 0 Å². The first-order valence-corrected chi connectivity index (χ1v) is 5.18. The quantitative estimate of drug-likeness (QED) is 0.298. The van der Waals surface area contributed by atoms with Crippen molar-refractivity contribution in [3.8, 4) is 0 Å². The molecule has 90 valence electrons. The molecule has 0 rings (SSSR count). The van der Waals surface area contributed by atoms with Crippen LogP contribution in [0.2, 0.25) is 0 Å². The van der Waals surface area contributed by atoms with Crippen LogP contribution in [0.1, 0.15) is 19.8 Å². The number of carbonyl (C=O) groups is 2. The number of hydrogen-bond acceptors (Lipinski definition) is 3. The van der Waals surface area contributed by atoms with Crippen molar-refractivity contribution in [2.24, 2.45) is 0 Å². The third-order valence-electron chi connectivity index (χ3n) is 2.01. The first-order valence-electron chi connectivity index (χ1n) is 5.18. The predicted molar refractivity (Wildman–Crippen MR) is 62.8 cm³/mol. The smallest absolute Gasteiger partial charge is 0.338 e. The molecule has 0 saturated carbocycles. The van der Waals surface area contributed by atoms with E-state index >= 15 is 0 Å². The van der Waals surface area contributed by atoms with Crippen molar-refractivity contribution in [3.63, 3.8) is 0 Å². The molecular weight excluding hydrogens is 206 g/mol. The second-order valence-electron chi connectivity index (χ2n) is 3.65. The molecule has 0 heterocycles. The zero-order valence-corrected chi connectivity index (χ0v) is 10.2. The van der Waals surface area contributed by atoms with Gasteiger partial charge >= 0.3 is 5.97 Å². The fourth-order valence-corrected chi connectivity index (χ4v) is 0.919. The summed E-state index contributed by atoms with van der Waals surface area (Å²) >= 11 is 0. The lowest BCUT2D eigenvalue weighted by atomic mass is 10.1. The molecule has 0 radical (unpaired) electrons. The number of nitrogens with zero attached hydrogens (tertiary/aromatic N) is 1. The van der Waals surface area contributed by atoms with Crippen LogP contribution in [0.3, 0.4) is 0 Å². The molecule has 4 heteroatoms. The van der Waals surface area contributed by atoms with Crippen LogP contribution in [0.15, 0.2) is 24.3 Å². The van der Waals surface area contributed by atoms with Gasteiger partial charge in [-0.3, -0.25) is 4.79 Å². The summed E-state index contributed by atoms with van der Waals surface area (Å²) in [6.45, 7) is 9.39. The van der Waals surface area contributed by atoms with Crippen molar-refractivity contribution in [3.05, 3.63) is 24.3 Å². The van der Waals surface area contributed by atoms with Gasteiger partial charge in [0.2, 0.25) is 0 Å². The zero-order chi connectivity index (χ0) is 12.7. The van der Waals surface area contributed by atoms with E-state index in [9.17, 15) is 9.59 Å². The van der Waals surface area contributed by atoms with Crippen molar-refractivity contribution in [2.45, 2.75) is 19.8 Å². The van der Waals surface area contributed by atoms with E-state index in [-0.39, 0.29) is 17.1 Å². The number of hydrogen-bond donors (Lipinski definition) is 0. The second-order valence-corrected chi connectivity index (χ2v) is 3.65. The summed E-state index contributed by atoms with van der Waals surface area (Å²) in [7, 11) is 3.17. The molecule has 1 amide bonds. The monoisotopic (exact) mass is 225 g/mol. The van der Waals surface area contributed by atoms with E-state index in [1.165, 1.54) is 4.90 Å². The number of esters is 1. The molecule has 0 bridgehead atoms. The number of amides is 1. The number of unbranched alkanes of at least 4 members (excludes halogenated alkanes) is 1. The highest BCUT2D eigenvalue weighted by Gasteiger charge is 2.19. The fraction of sp³-hybridized carbons (Fsp3) is 0.500. The summed E-state index contributed by atoms with van der Waals surface area (Å²) in [4.78, 5) is 24.2. The molecular formula is C12H19NO3. The first kappa shape index (κ1) is 14.4. The fourth-order valence-electron chi connectivity index (χ4n) is 0.919. The molecule has 0 aliphatic heterocycles. The lowest BCUT2D eigenvalue weighted by Gasteiger charge is -2.13. The van der Waals surface area contributed by atoms with Crippen LogP contribution in [0, 0.1) is 0 Å². The average Bonchev–Trinajstić information content (AvgIpc) is 2.26. The van der Waals surface area contributed by atoms with E-state index in [1.807, 2.05) is 6.92 Å². The molecule has 0 aromatic carbocycles. The minimum Gasteiger partial charge on any atom is -0.462 e. The Morgan fingerprint density at radius 1 is 1.19 bits per heavy atom. The maximum absolute atomic E-state index is 11.5. The van der Waals surface area contributed by atoms with Gasteiger partial charge in [-0.1, -0.05) is 26.5 Å². The first-order chi connectivity index (χ1) is 7.41. The molecule has 0 spiro atoms. The van der Waals surface area contributed by atoms with E-state index in [0.29, 0.717) is 6.61 Å². The van der Waals surface area contributed by atoms with E-state index in [2.05, 4.69) is 13.2 Å². The third kappa shape index (κ3) is 4.29. The van der Waals surface area contributed by atoms with E-state index in [1.54, 1.807) is 14.1 Å². The predicted octanol–water partition coefficient (Wildman–Crippen LogP) is 1.53. The zero-order valence-electron chi connectivity index (χ0n) is 10.2. The lowest BCUT2D eigenvalue weighted by Crippen LogP contribution is -2.25. The highest BCUT2D eigenvalue weighted by atomic mass is 16.5. The number of likely N-dealkylation sites (N-methyl/N-ethyl adjacent to an activating group) is 1. The Morgan fingerprint density at radius 3 is 2.19 bits per heavy atom. The van der Waals surface area contributed by atoms with Gasteiger partial charge in [-0.05, 0) is 6.42 Å². The van der Waals surface area contributed by atoms with Crippen LogP contribution >= 0.6 is 0 Å². The molecule has 0 saturated heterocycles. The molecule has 0 atom stereocenters. The summed E-state index contributed by atoms with van der Waals surface area (Å²) in [5, 5.41) is 0. The van der Waals surface area contributed by atoms with Gasteiger partial charge < -0.3 is 9.64 Å². The second kappa shape index (κ2) is 6.82. The minimum absolute atomic E-state index is 0.0230. The standard InChI is InChI=1S/C12H19NO3/c1-6-7-8-16-12(15)10(3)9(2)11(14)13(4)5/h2-3,6-8H2,1,4-5H3. The molecule has 0 unspecified atom stereocenters. The Morgan fingerprint density at radius 2 is 1.75 bits per heavy atom. The maximum Gasteiger partial charge on any atom is 0.338 e. The third-order valence-corrected chi connectivity index (χ3v) is 2.01. The summed E-state index contributed by atoms with van der Waals surface area (Å²) in [6, 6.07) is 0. The Labute approximate surface area is 96.6 Å². The highest BCUT2D eigenvalue weighted by Crippen LogP contribution is 2.10. The van der Waals surface area contributed by atoms with Gasteiger partial charge in [-0.25, -0.2) is 4.79 Å². The Hall–Kier alpha value is -1.58. The number of rotatable bonds is 6. The number of carbonyl (C=O) groups excluding carboxylic acids is 2. The minimum atomic E-state index is -0.575. The van der Waals surface area contributed by atoms with Crippen molar-refractivity contribution >= 4 is 11.9 Å². The van der Waals surface area contributed by atoms with Crippen molar-refractivity contribution in [1.29, 1.82) is 0 Å². The maximum atomic E-state index is 11.5. The van der Waals surface area contributed by atoms with Crippen molar-refractivity contribution in [1.82, 2.24) is 4.90 Å². The van der Waals surface area contributed by atoms with Crippen LogP contribution in [-0.2, 0) is 14.3 Å². The molecule has 0 aliphatic carbocycles. The van der Waals surface area contributed by atoms with E-state index in [0.717, 1.165) is 12.8 Å². The molecule has 0 aromatic heterocycles. The topological polar surface area (TPSA) is 46.6 Å². The van der Waals surface area contributed by atoms with Gasteiger partial charge in [0.15, 0.2) is 0 Å².